The molecular formula is C12H13ClN2O. The van der Waals surface area contributed by atoms with Crippen LogP contribution in [0.3, 0.4) is 0 Å². The molecule has 0 bridgehead atoms. The predicted octanol–water partition coefficient (Wildman–Crippen LogP) is 3.44. The maximum Gasteiger partial charge on any atom is 0.200 e. The first kappa shape index (κ1) is 11.0. The maximum atomic E-state index is 5.82. The first-order chi connectivity index (χ1) is 7.70. The summed E-state index contributed by atoms with van der Waals surface area (Å²) in [6.07, 6.45) is 0. The Hall–Kier alpha value is -1.48. The Bertz CT molecular complexity index is 494. The van der Waals surface area contributed by atoms with Crippen molar-refractivity contribution in [2.75, 3.05) is 6.61 Å². The molecule has 0 fully saturated rings. The van der Waals surface area contributed by atoms with Gasteiger partial charge in [-0.25, -0.2) is 4.98 Å². The van der Waals surface area contributed by atoms with Gasteiger partial charge in [0.25, 0.3) is 0 Å². The smallest absolute Gasteiger partial charge is 0.200 e. The topological polar surface area (TPSA) is 37.9 Å². The summed E-state index contributed by atoms with van der Waals surface area (Å²) in [4.78, 5) is 7.21. The van der Waals surface area contributed by atoms with E-state index in [9.17, 15) is 0 Å². The summed E-state index contributed by atoms with van der Waals surface area (Å²) in [7, 11) is 0. The van der Waals surface area contributed by atoms with Crippen molar-refractivity contribution in [1.82, 2.24) is 9.97 Å². The van der Waals surface area contributed by atoms with Gasteiger partial charge in [0.05, 0.1) is 12.3 Å². The number of hydrogen-bond acceptors (Lipinski definition) is 2. The fourth-order valence-corrected chi connectivity index (χ4v) is 1.83. The van der Waals surface area contributed by atoms with Crippen molar-refractivity contribution < 1.29 is 4.74 Å². The first-order valence-corrected chi connectivity index (χ1v) is 5.54. The molecule has 0 radical (unpaired) electrons. The van der Waals surface area contributed by atoms with Gasteiger partial charge < -0.3 is 9.72 Å². The number of aryl methyl sites for hydroxylation is 1. The summed E-state index contributed by atoms with van der Waals surface area (Å²) < 4.78 is 5.44. The van der Waals surface area contributed by atoms with E-state index in [0.717, 1.165) is 22.7 Å². The van der Waals surface area contributed by atoms with E-state index in [1.807, 2.05) is 38.1 Å². The minimum atomic E-state index is 0.411. The van der Waals surface area contributed by atoms with Crippen molar-refractivity contribution in [1.29, 1.82) is 0 Å². The second-order valence-electron chi connectivity index (χ2n) is 3.46. The maximum absolute atomic E-state index is 5.82. The summed E-state index contributed by atoms with van der Waals surface area (Å²) in [5.74, 6) is 0.846. The largest absolute Gasteiger partial charge is 0.494 e. The zero-order chi connectivity index (χ0) is 11.5. The molecule has 3 nitrogen and oxygen atoms in total. The molecule has 16 heavy (non-hydrogen) atoms. The van der Waals surface area contributed by atoms with Gasteiger partial charge in [0.1, 0.15) is 5.75 Å². The van der Waals surface area contributed by atoms with Gasteiger partial charge in [-0.3, -0.25) is 0 Å². The lowest BCUT2D eigenvalue weighted by atomic mass is 10.1. The van der Waals surface area contributed by atoms with Crippen LogP contribution in [-0.2, 0) is 0 Å². The quantitative estimate of drug-likeness (QED) is 0.887. The highest BCUT2D eigenvalue weighted by Crippen LogP contribution is 2.26. The highest BCUT2D eigenvalue weighted by Gasteiger charge is 2.08. The number of benzene rings is 1. The average Bonchev–Trinajstić information content (AvgIpc) is 2.59. The second-order valence-corrected chi connectivity index (χ2v) is 3.82. The summed E-state index contributed by atoms with van der Waals surface area (Å²) in [5.41, 5.74) is 2.83. The Kier molecular flexibility index (Phi) is 3.15. The monoisotopic (exact) mass is 236 g/mol. The van der Waals surface area contributed by atoms with Crippen LogP contribution in [0, 0.1) is 6.92 Å². The van der Waals surface area contributed by atoms with Crippen LogP contribution < -0.4 is 4.74 Å². The molecule has 1 N–H and O–H groups in total. The molecule has 0 saturated heterocycles. The molecule has 0 aliphatic rings. The summed E-state index contributed by atoms with van der Waals surface area (Å²) in [6, 6.07) is 7.82. The summed E-state index contributed by atoms with van der Waals surface area (Å²) in [6.45, 7) is 4.56. The molecule has 2 rings (SSSR count). The normalized spacial score (nSPS) is 10.4. The van der Waals surface area contributed by atoms with Crippen molar-refractivity contribution in [2.45, 2.75) is 13.8 Å². The number of halogens is 1. The molecule has 84 valence electrons. The standard InChI is InChI=1S/C12H13ClN2O/c1-3-16-10-6-4-5-9(7-10)11-8(2)14-12(13)15-11/h4-7H,3H2,1-2H3,(H,14,15). The van der Waals surface area contributed by atoms with Crippen LogP contribution in [0.1, 0.15) is 12.6 Å². The molecule has 0 aliphatic heterocycles. The highest BCUT2D eigenvalue weighted by molar-refractivity contribution is 6.28. The van der Waals surface area contributed by atoms with Gasteiger partial charge in [-0.2, -0.15) is 0 Å². The van der Waals surface area contributed by atoms with Crippen LogP contribution >= 0.6 is 11.6 Å². The zero-order valence-electron chi connectivity index (χ0n) is 9.25. The third kappa shape index (κ3) is 2.19. The lowest BCUT2D eigenvalue weighted by Crippen LogP contribution is -1.91. The molecule has 2 aromatic rings. The molecule has 0 amide bonds. The van der Waals surface area contributed by atoms with Gasteiger partial charge >= 0.3 is 0 Å². The highest BCUT2D eigenvalue weighted by atomic mass is 35.5. The van der Waals surface area contributed by atoms with Crippen molar-refractivity contribution in [3.8, 4) is 17.0 Å². The number of nitrogens with one attached hydrogen (secondary N) is 1. The van der Waals surface area contributed by atoms with Crippen LogP contribution in [0.25, 0.3) is 11.3 Å². The molecule has 0 aliphatic carbocycles. The fraction of sp³-hybridized carbons (Fsp3) is 0.250. The van der Waals surface area contributed by atoms with Crippen molar-refractivity contribution >= 4 is 11.6 Å². The van der Waals surface area contributed by atoms with Gasteiger partial charge in [0.2, 0.25) is 5.28 Å². The van der Waals surface area contributed by atoms with Gasteiger partial charge in [-0.15, -0.1) is 0 Å². The van der Waals surface area contributed by atoms with Crippen molar-refractivity contribution in [3.63, 3.8) is 0 Å². The number of aromatic nitrogens is 2. The first-order valence-electron chi connectivity index (χ1n) is 5.16. The summed E-state index contributed by atoms with van der Waals surface area (Å²) >= 11 is 5.82. The third-order valence-electron chi connectivity index (χ3n) is 2.27. The minimum absolute atomic E-state index is 0.411. The molecule has 4 heteroatoms. The molecule has 0 saturated carbocycles. The Morgan fingerprint density at radius 2 is 2.25 bits per heavy atom. The Morgan fingerprint density at radius 1 is 1.44 bits per heavy atom. The van der Waals surface area contributed by atoms with Crippen LogP contribution in [0.2, 0.25) is 5.28 Å². The lowest BCUT2D eigenvalue weighted by Gasteiger charge is -2.04. The number of nitrogens with zero attached hydrogens (tertiary/aromatic N) is 1. The summed E-state index contributed by atoms with van der Waals surface area (Å²) in [5, 5.41) is 0.411. The number of hydrogen-bond donors (Lipinski definition) is 1. The van der Waals surface area contributed by atoms with E-state index in [1.165, 1.54) is 0 Å². The average molecular weight is 237 g/mol. The third-order valence-corrected chi connectivity index (χ3v) is 2.45. The molecule has 1 aromatic heterocycles. The lowest BCUT2D eigenvalue weighted by molar-refractivity contribution is 0.340. The number of aromatic amines is 1. The Labute approximate surface area is 99.4 Å². The Balaban J connectivity index is 2.40. The second kappa shape index (κ2) is 4.58. The van der Waals surface area contributed by atoms with Crippen LogP contribution in [0.5, 0.6) is 5.75 Å². The number of rotatable bonds is 3. The van der Waals surface area contributed by atoms with Gasteiger partial charge in [-0.05, 0) is 37.6 Å². The number of imidazole rings is 1. The molecule has 0 atom stereocenters. The number of ether oxygens (including phenoxy) is 1. The van der Waals surface area contributed by atoms with E-state index in [2.05, 4.69) is 9.97 Å². The molecule has 1 aromatic carbocycles. The molecular weight excluding hydrogens is 224 g/mol. The van der Waals surface area contributed by atoms with Crippen LogP contribution in [0.15, 0.2) is 24.3 Å². The van der Waals surface area contributed by atoms with E-state index in [-0.39, 0.29) is 0 Å². The number of H-pyrrole nitrogens is 1. The van der Waals surface area contributed by atoms with E-state index in [4.69, 9.17) is 16.3 Å². The molecule has 0 spiro atoms. The van der Waals surface area contributed by atoms with Crippen LogP contribution in [0.4, 0.5) is 0 Å². The van der Waals surface area contributed by atoms with Crippen molar-refractivity contribution in [2.24, 2.45) is 0 Å². The molecule has 0 unspecified atom stereocenters. The van der Waals surface area contributed by atoms with E-state index >= 15 is 0 Å². The zero-order valence-corrected chi connectivity index (χ0v) is 10.0. The van der Waals surface area contributed by atoms with E-state index < -0.39 is 0 Å². The predicted molar refractivity (Wildman–Crippen MR) is 64.9 cm³/mol. The van der Waals surface area contributed by atoms with E-state index in [0.29, 0.717) is 11.9 Å². The van der Waals surface area contributed by atoms with Gasteiger partial charge in [0.15, 0.2) is 0 Å². The molecule has 1 heterocycles. The van der Waals surface area contributed by atoms with Gasteiger partial charge in [-0.1, -0.05) is 12.1 Å². The Morgan fingerprint density at radius 3 is 2.88 bits per heavy atom. The van der Waals surface area contributed by atoms with Crippen molar-refractivity contribution in [3.05, 3.63) is 35.2 Å². The van der Waals surface area contributed by atoms with Gasteiger partial charge in [0, 0.05) is 11.3 Å². The SMILES string of the molecule is CCOc1cccc(-c2nc(Cl)[nH]c2C)c1. The fourth-order valence-electron chi connectivity index (χ4n) is 1.60. The van der Waals surface area contributed by atoms with Crippen LogP contribution in [-0.4, -0.2) is 16.6 Å². The minimum Gasteiger partial charge on any atom is -0.494 e. The van der Waals surface area contributed by atoms with E-state index in [1.54, 1.807) is 0 Å².